The first-order valence-corrected chi connectivity index (χ1v) is 5.03. The summed E-state index contributed by atoms with van der Waals surface area (Å²) in [6.45, 7) is 4.30. The Kier molecular flexibility index (Phi) is 2.23. The molecule has 78 valence electrons. The van der Waals surface area contributed by atoms with E-state index in [1.54, 1.807) is 6.20 Å². The highest BCUT2D eigenvalue weighted by atomic mass is 14.8. The molecular formula is C12H15N3. The second-order valence-corrected chi connectivity index (χ2v) is 4.06. The van der Waals surface area contributed by atoms with Gasteiger partial charge in [-0.2, -0.15) is 0 Å². The maximum Gasteiger partial charge on any atom is 0.0740 e. The molecule has 0 aliphatic rings. The molecule has 4 N–H and O–H groups in total. The monoisotopic (exact) mass is 201 g/mol. The summed E-state index contributed by atoms with van der Waals surface area (Å²) in [5.74, 6) is 0.482. The minimum atomic E-state index is 0.482. The van der Waals surface area contributed by atoms with Crippen molar-refractivity contribution in [2.75, 3.05) is 11.5 Å². The zero-order chi connectivity index (χ0) is 11.0. The molecule has 0 spiro atoms. The maximum absolute atomic E-state index is 5.92. The van der Waals surface area contributed by atoms with Crippen LogP contribution in [0.1, 0.15) is 25.3 Å². The van der Waals surface area contributed by atoms with Gasteiger partial charge in [-0.25, -0.2) is 0 Å². The molecule has 1 aromatic heterocycles. The van der Waals surface area contributed by atoms with Crippen molar-refractivity contribution in [1.29, 1.82) is 0 Å². The molecule has 2 rings (SSSR count). The summed E-state index contributed by atoms with van der Waals surface area (Å²) in [6.07, 6.45) is 1.60. The lowest BCUT2D eigenvalue weighted by atomic mass is 10.0. The Morgan fingerprint density at radius 3 is 2.60 bits per heavy atom. The van der Waals surface area contributed by atoms with Crippen LogP contribution < -0.4 is 11.5 Å². The predicted molar refractivity (Wildman–Crippen MR) is 64.7 cm³/mol. The molecule has 0 amide bonds. The molecule has 0 fully saturated rings. The molecule has 2 aromatic rings. The Balaban J connectivity index is 2.73. The molecule has 0 aliphatic heterocycles. The molecule has 0 radical (unpaired) electrons. The van der Waals surface area contributed by atoms with Crippen molar-refractivity contribution in [3.8, 4) is 0 Å². The third-order valence-corrected chi connectivity index (χ3v) is 2.63. The quantitative estimate of drug-likeness (QED) is 0.745. The number of hydrogen-bond donors (Lipinski definition) is 2. The zero-order valence-corrected chi connectivity index (χ0v) is 8.99. The first kappa shape index (κ1) is 9.77. The van der Waals surface area contributed by atoms with Crippen LogP contribution in [0, 0.1) is 0 Å². The minimum absolute atomic E-state index is 0.482. The molecule has 0 bridgehead atoms. The van der Waals surface area contributed by atoms with E-state index in [9.17, 15) is 0 Å². The Morgan fingerprint density at radius 2 is 1.93 bits per heavy atom. The molecule has 1 aromatic carbocycles. The van der Waals surface area contributed by atoms with Crippen LogP contribution >= 0.6 is 0 Å². The number of rotatable bonds is 1. The van der Waals surface area contributed by atoms with Crippen molar-refractivity contribution in [3.05, 3.63) is 30.0 Å². The SMILES string of the molecule is CC(C)c1ccc2ncc(N)c(N)c2c1. The highest BCUT2D eigenvalue weighted by Crippen LogP contribution is 2.27. The van der Waals surface area contributed by atoms with Crippen molar-refractivity contribution in [3.63, 3.8) is 0 Å². The molecule has 15 heavy (non-hydrogen) atoms. The summed E-state index contributed by atoms with van der Waals surface area (Å²) in [5.41, 5.74) is 15.0. The minimum Gasteiger partial charge on any atom is -0.396 e. The average molecular weight is 201 g/mol. The van der Waals surface area contributed by atoms with Crippen LogP contribution in [0.4, 0.5) is 11.4 Å². The van der Waals surface area contributed by atoms with Crippen molar-refractivity contribution >= 4 is 22.3 Å². The predicted octanol–water partition coefficient (Wildman–Crippen LogP) is 2.52. The van der Waals surface area contributed by atoms with Crippen LogP contribution in [0.15, 0.2) is 24.4 Å². The summed E-state index contributed by atoms with van der Waals surface area (Å²) in [4.78, 5) is 4.24. The number of nitrogens with two attached hydrogens (primary N) is 2. The second kappa shape index (κ2) is 3.42. The van der Waals surface area contributed by atoms with Gasteiger partial charge in [0.2, 0.25) is 0 Å². The van der Waals surface area contributed by atoms with Gasteiger partial charge in [0.1, 0.15) is 0 Å². The third-order valence-electron chi connectivity index (χ3n) is 2.63. The fraction of sp³-hybridized carbons (Fsp3) is 0.250. The van der Waals surface area contributed by atoms with Crippen molar-refractivity contribution in [2.24, 2.45) is 0 Å². The zero-order valence-electron chi connectivity index (χ0n) is 8.99. The Labute approximate surface area is 89.1 Å². The highest BCUT2D eigenvalue weighted by molar-refractivity contribution is 5.95. The summed E-state index contributed by atoms with van der Waals surface area (Å²) >= 11 is 0. The highest BCUT2D eigenvalue weighted by Gasteiger charge is 2.05. The molecule has 0 saturated carbocycles. The van der Waals surface area contributed by atoms with Gasteiger partial charge in [-0.3, -0.25) is 4.98 Å². The van der Waals surface area contributed by atoms with E-state index < -0.39 is 0 Å². The van der Waals surface area contributed by atoms with Gasteiger partial charge >= 0.3 is 0 Å². The van der Waals surface area contributed by atoms with Crippen LogP contribution in [0.5, 0.6) is 0 Å². The van der Waals surface area contributed by atoms with E-state index in [2.05, 4.69) is 31.0 Å². The molecular weight excluding hydrogens is 186 g/mol. The van der Waals surface area contributed by atoms with Gasteiger partial charge in [-0.05, 0) is 23.6 Å². The number of pyridine rings is 1. The lowest BCUT2D eigenvalue weighted by molar-refractivity contribution is 0.868. The standard InChI is InChI=1S/C12H15N3/c1-7(2)8-3-4-11-9(5-8)12(14)10(13)6-15-11/h3-7H,13H2,1-2H3,(H2,14,15). The van der Waals surface area contributed by atoms with Gasteiger partial charge in [0.25, 0.3) is 0 Å². The van der Waals surface area contributed by atoms with Crippen LogP contribution in [-0.4, -0.2) is 4.98 Å². The Morgan fingerprint density at radius 1 is 1.20 bits per heavy atom. The number of hydrogen-bond acceptors (Lipinski definition) is 3. The normalized spacial score (nSPS) is 11.1. The van der Waals surface area contributed by atoms with Gasteiger partial charge in [-0.15, -0.1) is 0 Å². The molecule has 0 aliphatic carbocycles. The fourth-order valence-electron chi connectivity index (χ4n) is 1.61. The lowest BCUT2D eigenvalue weighted by Crippen LogP contribution is -1.98. The van der Waals surface area contributed by atoms with Crippen LogP contribution in [-0.2, 0) is 0 Å². The molecule has 3 nitrogen and oxygen atoms in total. The van der Waals surface area contributed by atoms with Crippen LogP contribution in [0.25, 0.3) is 10.9 Å². The first-order valence-electron chi connectivity index (χ1n) is 5.03. The number of aromatic nitrogens is 1. The summed E-state index contributed by atoms with van der Waals surface area (Å²) in [5, 5.41) is 0.946. The lowest BCUT2D eigenvalue weighted by Gasteiger charge is -2.09. The van der Waals surface area contributed by atoms with Crippen LogP contribution in [0.2, 0.25) is 0 Å². The van der Waals surface area contributed by atoms with Gasteiger partial charge in [0.05, 0.1) is 23.1 Å². The van der Waals surface area contributed by atoms with E-state index in [1.165, 1.54) is 5.56 Å². The number of fused-ring (bicyclic) bond motifs is 1. The van der Waals surface area contributed by atoms with E-state index in [-0.39, 0.29) is 0 Å². The van der Waals surface area contributed by atoms with Gasteiger partial charge in [0, 0.05) is 5.39 Å². The molecule has 0 unspecified atom stereocenters. The van der Waals surface area contributed by atoms with Crippen molar-refractivity contribution in [1.82, 2.24) is 4.98 Å². The van der Waals surface area contributed by atoms with Gasteiger partial charge in [0.15, 0.2) is 0 Å². The first-order chi connectivity index (χ1) is 7.09. The summed E-state index contributed by atoms with van der Waals surface area (Å²) in [7, 11) is 0. The van der Waals surface area contributed by atoms with E-state index in [0.717, 1.165) is 10.9 Å². The van der Waals surface area contributed by atoms with Crippen LogP contribution in [0.3, 0.4) is 0 Å². The van der Waals surface area contributed by atoms with E-state index in [1.807, 2.05) is 6.07 Å². The number of anilines is 2. The number of benzene rings is 1. The largest absolute Gasteiger partial charge is 0.396 e. The number of nitrogens with zero attached hydrogens (tertiary/aromatic N) is 1. The smallest absolute Gasteiger partial charge is 0.0740 e. The van der Waals surface area contributed by atoms with E-state index >= 15 is 0 Å². The van der Waals surface area contributed by atoms with Crippen molar-refractivity contribution in [2.45, 2.75) is 19.8 Å². The molecule has 0 saturated heterocycles. The Bertz CT molecular complexity index is 503. The fourth-order valence-corrected chi connectivity index (χ4v) is 1.61. The Hall–Kier alpha value is -1.77. The molecule has 3 heteroatoms. The molecule has 0 atom stereocenters. The summed E-state index contributed by atoms with van der Waals surface area (Å²) in [6, 6.07) is 6.13. The number of nitrogen functional groups attached to an aromatic ring is 2. The van der Waals surface area contributed by atoms with E-state index in [4.69, 9.17) is 11.5 Å². The summed E-state index contributed by atoms with van der Waals surface area (Å²) < 4.78 is 0. The van der Waals surface area contributed by atoms with Crippen molar-refractivity contribution < 1.29 is 0 Å². The maximum atomic E-state index is 5.92. The van der Waals surface area contributed by atoms with Gasteiger partial charge in [-0.1, -0.05) is 19.9 Å². The average Bonchev–Trinajstić information content (AvgIpc) is 2.23. The van der Waals surface area contributed by atoms with E-state index in [0.29, 0.717) is 17.3 Å². The molecule has 1 heterocycles. The third kappa shape index (κ3) is 1.61. The van der Waals surface area contributed by atoms with Gasteiger partial charge < -0.3 is 11.5 Å². The second-order valence-electron chi connectivity index (χ2n) is 4.06. The topological polar surface area (TPSA) is 64.9 Å².